The normalized spacial score (nSPS) is 13.1. The highest BCUT2D eigenvalue weighted by atomic mass is 35.5. The van der Waals surface area contributed by atoms with Gasteiger partial charge in [0.1, 0.15) is 16.5 Å². The molecule has 1 atom stereocenters. The van der Waals surface area contributed by atoms with Crippen molar-refractivity contribution in [3.8, 4) is 0 Å². The van der Waals surface area contributed by atoms with Crippen molar-refractivity contribution in [1.29, 1.82) is 0 Å². The summed E-state index contributed by atoms with van der Waals surface area (Å²) in [6.07, 6.45) is 1.59. The van der Waals surface area contributed by atoms with Crippen LogP contribution in [0.4, 0.5) is 0 Å². The van der Waals surface area contributed by atoms with E-state index in [1.807, 2.05) is 19.1 Å². The summed E-state index contributed by atoms with van der Waals surface area (Å²) < 4.78 is 5.27. The predicted octanol–water partition coefficient (Wildman–Crippen LogP) is 3.40. The third-order valence-electron chi connectivity index (χ3n) is 2.70. The van der Waals surface area contributed by atoms with Crippen molar-refractivity contribution in [1.82, 2.24) is 5.32 Å². The number of ketones is 1. The molecule has 18 heavy (non-hydrogen) atoms. The number of Topliss-reactive ketones (excluding diaryl/α,β-unsaturated/α-hetero) is 1. The third kappa shape index (κ3) is 2.69. The second kappa shape index (κ2) is 5.74. The van der Waals surface area contributed by atoms with E-state index in [4.69, 9.17) is 27.6 Å². The van der Waals surface area contributed by atoms with Gasteiger partial charge in [0.25, 0.3) is 0 Å². The second-order valence-corrected chi connectivity index (χ2v) is 5.07. The minimum Gasteiger partial charge on any atom is -0.464 e. The Hall–Kier alpha value is -1.03. The molecule has 2 rings (SSSR count). The number of rotatable bonds is 5. The smallest absolute Gasteiger partial charge is 0.182 e. The molecule has 0 saturated carbocycles. The maximum Gasteiger partial charge on any atom is 0.182 e. The zero-order chi connectivity index (χ0) is 13.1. The Morgan fingerprint density at radius 1 is 1.39 bits per heavy atom. The van der Waals surface area contributed by atoms with Gasteiger partial charge in [-0.25, -0.2) is 0 Å². The lowest BCUT2D eigenvalue weighted by atomic mass is 10.0. The van der Waals surface area contributed by atoms with Crippen LogP contribution >= 0.6 is 23.2 Å². The summed E-state index contributed by atoms with van der Waals surface area (Å²) in [4.78, 5) is 11.5. The first-order chi connectivity index (χ1) is 8.63. The van der Waals surface area contributed by atoms with Gasteiger partial charge in [0.15, 0.2) is 5.78 Å². The number of carbonyl (C=O) groups is 1. The van der Waals surface area contributed by atoms with E-state index < -0.39 is 10.9 Å². The summed E-state index contributed by atoms with van der Waals surface area (Å²) in [7, 11) is 0. The Morgan fingerprint density at radius 3 is 2.83 bits per heavy atom. The van der Waals surface area contributed by atoms with E-state index in [2.05, 4.69) is 5.32 Å². The Kier molecular flexibility index (Phi) is 4.27. The van der Waals surface area contributed by atoms with Crippen molar-refractivity contribution in [3.63, 3.8) is 0 Å². The first-order valence-electron chi connectivity index (χ1n) is 5.66. The number of nitrogens with one attached hydrogen (secondary N) is 1. The number of alkyl halides is 2. The summed E-state index contributed by atoms with van der Waals surface area (Å²) in [5.41, 5.74) is 1.21. The number of benzene rings is 1. The molecule has 96 valence electrons. The molecule has 0 saturated heterocycles. The molecule has 0 bridgehead atoms. The van der Waals surface area contributed by atoms with Gasteiger partial charge in [-0.1, -0.05) is 19.1 Å². The van der Waals surface area contributed by atoms with Crippen LogP contribution in [0.15, 0.2) is 34.9 Å². The summed E-state index contributed by atoms with van der Waals surface area (Å²) in [5, 5.41) is 3.94. The van der Waals surface area contributed by atoms with Gasteiger partial charge < -0.3 is 9.73 Å². The standard InChI is InChI=1S/C13H13Cl2NO2/c1-2-16-11(13(14)15)12(17)9-4-3-8-5-6-18-10(8)7-9/h3-7,11,13,16H,2H2,1H3. The van der Waals surface area contributed by atoms with E-state index in [0.717, 1.165) is 5.39 Å². The van der Waals surface area contributed by atoms with E-state index in [1.54, 1.807) is 18.4 Å². The second-order valence-electron chi connectivity index (χ2n) is 3.91. The maximum atomic E-state index is 12.3. The van der Waals surface area contributed by atoms with Gasteiger partial charge in [0.05, 0.1) is 6.26 Å². The molecule has 0 aliphatic heterocycles. The van der Waals surface area contributed by atoms with Gasteiger partial charge in [-0.3, -0.25) is 4.79 Å². The lowest BCUT2D eigenvalue weighted by Crippen LogP contribution is -2.41. The van der Waals surface area contributed by atoms with Crippen LogP contribution in [0.25, 0.3) is 11.0 Å². The Bertz CT molecular complexity index is 551. The number of hydrogen-bond acceptors (Lipinski definition) is 3. The van der Waals surface area contributed by atoms with Gasteiger partial charge in [0, 0.05) is 10.9 Å². The van der Waals surface area contributed by atoms with Crippen molar-refractivity contribution in [2.24, 2.45) is 0 Å². The summed E-state index contributed by atoms with van der Waals surface area (Å²) in [5.74, 6) is -0.134. The number of fused-ring (bicyclic) bond motifs is 1. The van der Waals surface area contributed by atoms with Crippen molar-refractivity contribution in [3.05, 3.63) is 36.1 Å². The molecule has 0 spiro atoms. The first kappa shape index (κ1) is 13.4. The summed E-state index contributed by atoms with van der Waals surface area (Å²) >= 11 is 11.6. The lowest BCUT2D eigenvalue weighted by Gasteiger charge is -2.17. The van der Waals surface area contributed by atoms with Crippen molar-refractivity contribution in [2.45, 2.75) is 17.8 Å². The maximum absolute atomic E-state index is 12.3. The van der Waals surface area contributed by atoms with Crippen LogP contribution in [0.1, 0.15) is 17.3 Å². The summed E-state index contributed by atoms with van der Waals surface area (Å²) in [6.45, 7) is 2.52. The zero-order valence-corrected chi connectivity index (χ0v) is 11.3. The molecule has 1 heterocycles. The Labute approximate surface area is 115 Å². The third-order valence-corrected chi connectivity index (χ3v) is 3.20. The van der Waals surface area contributed by atoms with Crippen LogP contribution in [0.5, 0.6) is 0 Å². The number of likely N-dealkylation sites (N-methyl/N-ethyl adjacent to an activating group) is 1. The van der Waals surface area contributed by atoms with Crippen LogP contribution in [-0.2, 0) is 0 Å². The molecular weight excluding hydrogens is 273 g/mol. The van der Waals surface area contributed by atoms with E-state index in [1.165, 1.54) is 0 Å². The molecule has 0 aliphatic rings. The highest BCUT2D eigenvalue weighted by Crippen LogP contribution is 2.20. The number of furan rings is 1. The predicted molar refractivity (Wildman–Crippen MR) is 73.5 cm³/mol. The number of hydrogen-bond donors (Lipinski definition) is 1. The van der Waals surface area contributed by atoms with E-state index in [0.29, 0.717) is 17.7 Å². The SMILES string of the molecule is CCNC(C(=O)c1ccc2ccoc2c1)C(Cl)Cl. The largest absolute Gasteiger partial charge is 0.464 e. The van der Waals surface area contributed by atoms with Gasteiger partial charge >= 0.3 is 0 Å². The Morgan fingerprint density at radius 2 is 2.17 bits per heavy atom. The molecule has 5 heteroatoms. The van der Waals surface area contributed by atoms with Crippen LogP contribution in [0, 0.1) is 0 Å². The van der Waals surface area contributed by atoms with Gasteiger partial charge in [-0.05, 0) is 18.7 Å². The van der Waals surface area contributed by atoms with Crippen molar-refractivity contribution >= 4 is 40.0 Å². The number of carbonyl (C=O) groups excluding carboxylic acids is 1. The number of halogens is 2. The molecular formula is C13H13Cl2NO2. The fourth-order valence-electron chi connectivity index (χ4n) is 1.80. The van der Waals surface area contributed by atoms with Gasteiger partial charge in [0.2, 0.25) is 0 Å². The highest BCUT2D eigenvalue weighted by molar-refractivity contribution is 6.46. The van der Waals surface area contributed by atoms with E-state index >= 15 is 0 Å². The minimum atomic E-state index is -0.787. The van der Waals surface area contributed by atoms with Crippen LogP contribution in [-0.4, -0.2) is 23.2 Å². The van der Waals surface area contributed by atoms with Crippen LogP contribution < -0.4 is 5.32 Å². The first-order valence-corrected chi connectivity index (χ1v) is 6.53. The molecule has 0 aliphatic carbocycles. The minimum absolute atomic E-state index is 0.134. The fraction of sp³-hybridized carbons (Fsp3) is 0.308. The van der Waals surface area contributed by atoms with Gasteiger partial charge in [-0.2, -0.15) is 0 Å². The van der Waals surface area contributed by atoms with E-state index in [-0.39, 0.29) is 5.78 Å². The topological polar surface area (TPSA) is 42.2 Å². The average Bonchev–Trinajstić information content (AvgIpc) is 2.81. The van der Waals surface area contributed by atoms with Crippen LogP contribution in [0.2, 0.25) is 0 Å². The molecule has 1 unspecified atom stereocenters. The molecule has 1 aromatic carbocycles. The molecule has 0 amide bonds. The van der Waals surface area contributed by atoms with Crippen molar-refractivity contribution < 1.29 is 9.21 Å². The Balaban J connectivity index is 2.30. The fourth-order valence-corrected chi connectivity index (χ4v) is 2.21. The molecule has 3 nitrogen and oxygen atoms in total. The molecule has 1 N–H and O–H groups in total. The highest BCUT2D eigenvalue weighted by Gasteiger charge is 2.25. The molecule has 2 aromatic rings. The molecule has 1 aromatic heterocycles. The van der Waals surface area contributed by atoms with Gasteiger partial charge in [-0.15, -0.1) is 23.2 Å². The quantitative estimate of drug-likeness (QED) is 0.676. The van der Waals surface area contributed by atoms with E-state index in [9.17, 15) is 4.79 Å². The average molecular weight is 286 g/mol. The molecule has 0 radical (unpaired) electrons. The monoisotopic (exact) mass is 285 g/mol. The summed E-state index contributed by atoms with van der Waals surface area (Å²) in [6, 6.07) is 6.54. The van der Waals surface area contributed by atoms with Crippen LogP contribution in [0.3, 0.4) is 0 Å². The molecule has 0 fully saturated rings. The van der Waals surface area contributed by atoms with Crippen molar-refractivity contribution in [2.75, 3.05) is 6.54 Å². The zero-order valence-electron chi connectivity index (χ0n) is 9.82. The lowest BCUT2D eigenvalue weighted by molar-refractivity contribution is 0.0949.